The molecule has 0 spiro atoms. The van der Waals surface area contributed by atoms with Gasteiger partial charge in [-0.2, -0.15) is 4.73 Å². The molecule has 7 heteroatoms. The highest BCUT2D eigenvalue weighted by Gasteiger charge is 2.28. The van der Waals surface area contributed by atoms with Gasteiger partial charge in [0.25, 0.3) is 11.5 Å². The maximum atomic E-state index is 13.1. The Balaban J connectivity index is 1.75. The minimum Gasteiger partial charge on any atom is -0.618 e. The predicted octanol–water partition coefficient (Wildman–Crippen LogP) is 4.11. The number of ether oxygens (including phenoxy) is 1. The average Bonchev–Trinajstić information content (AvgIpc) is 2.78. The number of hydrogen-bond acceptors (Lipinski definition) is 5. The highest BCUT2D eigenvalue weighted by molar-refractivity contribution is 6.33. The number of carbonyl (C=O) groups is 2. The molecule has 148 valence electrons. The molecule has 0 saturated heterocycles. The molecule has 3 aromatic carbocycles. The van der Waals surface area contributed by atoms with Gasteiger partial charge in [0, 0.05) is 11.6 Å². The van der Waals surface area contributed by atoms with Crippen LogP contribution in [0.5, 0.6) is 0 Å². The van der Waals surface area contributed by atoms with E-state index >= 15 is 0 Å². The maximum Gasteiger partial charge on any atom is 0.340 e. The van der Waals surface area contributed by atoms with E-state index in [1.807, 2.05) is 0 Å². The van der Waals surface area contributed by atoms with Crippen LogP contribution in [0.4, 0.5) is 0 Å². The van der Waals surface area contributed by atoms with E-state index in [2.05, 4.69) is 4.98 Å². The summed E-state index contributed by atoms with van der Waals surface area (Å²) < 4.78 is 5.87. The fourth-order valence-corrected chi connectivity index (χ4v) is 3.27. The first-order valence-electron chi connectivity index (χ1n) is 9.09. The van der Waals surface area contributed by atoms with E-state index in [-0.39, 0.29) is 34.1 Å². The third kappa shape index (κ3) is 3.73. The van der Waals surface area contributed by atoms with Gasteiger partial charge in [0.2, 0.25) is 5.52 Å². The summed E-state index contributed by atoms with van der Waals surface area (Å²) in [6, 6.07) is 21.5. The molecule has 1 aromatic heterocycles. The number of halogens is 1. The number of fused-ring (bicyclic) bond motifs is 1. The summed E-state index contributed by atoms with van der Waals surface area (Å²) in [5.74, 6) is -1.18. The molecule has 0 aliphatic carbocycles. The van der Waals surface area contributed by atoms with Crippen molar-refractivity contribution >= 4 is 34.4 Å². The second-order valence-corrected chi connectivity index (χ2v) is 6.85. The van der Waals surface area contributed by atoms with Gasteiger partial charge in [0.1, 0.15) is 12.1 Å². The zero-order valence-electron chi connectivity index (χ0n) is 15.6. The van der Waals surface area contributed by atoms with E-state index in [4.69, 9.17) is 16.3 Å². The topological polar surface area (TPSA) is 83.2 Å². The number of para-hydroxylation sites is 2. The fraction of sp³-hybridized carbons (Fsp3) is 0.0435. The van der Waals surface area contributed by atoms with Gasteiger partial charge in [-0.3, -0.25) is 4.79 Å². The molecule has 0 radical (unpaired) electrons. The Morgan fingerprint density at radius 1 is 0.933 bits per heavy atom. The van der Waals surface area contributed by atoms with E-state index in [0.717, 1.165) is 0 Å². The largest absolute Gasteiger partial charge is 0.618 e. The van der Waals surface area contributed by atoms with Crippen LogP contribution in [0.3, 0.4) is 0 Å². The van der Waals surface area contributed by atoms with Crippen molar-refractivity contribution in [1.82, 2.24) is 4.98 Å². The maximum absolute atomic E-state index is 13.1. The van der Waals surface area contributed by atoms with Crippen LogP contribution in [0, 0.1) is 5.21 Å². The summed E-state index contributed by atoms with van der Waals surface area (Å²) in [5, 5.41) is 13.3. The molecular weight excluding hydrogens is 404 g/mol. The van der Waals surface area contributed by atoms with Crippen molar-refractivity contribution < 1.29 is 19.1 Å². The van der Waals surface area contributed by atoms with E-state index in [9.17, 15) is 14.8 Å². The average molecular weight is 419 g/mol. The number of rotatable bonds is 5. The van der Waals surface area contributed by atoms with Gasteiger partial charge >= 0.3 is 5.97 Å². The first-order chi connectivity index (χ1) is 14.6. The second kappa shape index (κ2) is 8.31. The van der Waals surface area contributed by atoms with Gasteiger partial charge in [-0.25, -0.2) is 9.78 Å². The number of nitrogens with zero attached hydrogens (tertiary/aromatic N) is 2. The first-order valence-corrected chi connectivity index (χ1v) is 9.46. The Kier molecular flexibility index (Phi) is 5.41. The lowest BCUT2D eigenvalue weighted by atomic mass is 10.1. The van der Waals surface area contributed by atoms with Gasteiger partial charge in [0.05, 0.1) is 10.6 Å². The molecule has 6 nitrogen and oxygen atoms in total. The molecule has 0 atom stereocenters. The Morgan fingerprint density at radius 2 is 1.60 bits per heavy atom. The van der Waals surface area contributed by atoms with Gasteiger partial charge < -0.3 is 9.94 Å². The van der Waals surface area contributed by atoms with Crippen molar-refractivity contribution in [3.8, 4) is 0 Å². The molecular formula is C23H15ClN2O4. The fourth-order valence-electron chi connectivity index (χ4n) is 3.06. The molecule has 30 heavy (non-hydrogen) atoms. The number of hydrogen-bond donors (Lipinski definition) is 0. The van der Waals surface area contributed by atoms with Crippen LogP contribution in [0.1, 0.15) is 32.1 Å². The van der Waals surface area contributed by atoms with Crippen molar-refractivity contribution in [3.05, 3.63) is 112 Å². The highest BCUT2D eigenvalue weighted by Crippen LogP contribution is 2.19. The van der Waals surface area contributed by atoms with Crippen LogP contribution < -0.4 is 4.73 Å². The third-order valence-electron chi connectivity index (χ3n) is 4.52. The van der Waals surface area contributed by atoms with Gasteiger partial charge in [-0.05, 0) is 18.2 Å². The molecule has 0 fully saturated rings. The molecule has 0 bridgehead atoms. The van der Waals surface area contributed by atoms with Crippen LogP contribution in [-0.4, -0.2) is 16.7 Å². The van der Waals surface area contributed by atoms with E-state index in [1.165, 1.54) is 6.07 Å². The summed E-state index contributed by atoms with van der Waals surface area (Å²) in [6.07, 6.45) is 0. The zero-order chi connectivity index (χ0) is 21.1. The van der Waals surface area contributed by atoms with E-state index < -0.39 is 11.8 Å². The van der Waals surface area contributed by atoms with Crippen LogP contribution in [0.15, 0.2) is 78.9 Å². The molecule has 4 rings (SSSR count). The lowest BCUT2D eigenvalue weighted by molar-refractivity contribution is -0.580. The molecule has 0 saturated carbocycles. The predicted molar refractivity (Wildman–Crippen MR) is 111 cm³/mol. The van der Waals surface area contributed by atoms with Crippen molar-refractivity contribution in [3.63, 3.8) is 0 Å². The quantitative estimate of drug-likeness (QED) is 0.211. The number of ketones is 1. The molecule has 0 aliphatic rings. The summed E-state index contributed by atoms with van der Waals surface area (Å²) in [6.45, 7) is -0.356. The normalized spacial score (nSPS) is 10.7. The Bertz CT molecular complexity index is 1260. The van der Waals surface area contributed by atoms with Crippen LogP contribution in [0.25, 0.3) is 11.0 Å². The number of benzene rings is 3. The van der Waals surface area contributed by atoms with Crippen LogP contribution in [0.2, 0.25) is 5.02 Å². The lowest BCUT2D eigenvalue weighted by Crippen LogP contribution is -2.38. The van der Waals surface area contributed by atoms with E-state index in [0.29, 0.717) is 15.8 Å². The number of aromatic nitrogens is 2. The number of esters is 1. The van der Waals surface area contributed by atoms with Crippen molar-refractivity contribution in [2.24, 2.45) is 0 Å². The van der Waals surface area contributed by atoms with Gasteiger partial charge in [-0.15, -0.1) is 0 Å². The van der Waals surface area contributed by atoms with Gasteiger partial charge in [0.15, 0.2) is 5.69 Å². The summed E-state index contributed by atoms with van der Waals surface area (Å²) in [4.78, 5) is 29.9. The third-order valence-corrected chi connectivity index (χ3v) is 4.85. The Labute approximate surface area is 176 Å². The van der Waals surface area contributed by atoms with Gasteiger partial charge in [-0.1, -0.05) is 66.2 Å². The van der Waals surface area contributed by atoms with Crippen LogP contribution in [-0.2, 0) is 11.3 Å². The zero-order valence-corrected chi connectivity index (χ0v) is 16.4. The summed E-state index contributed by atoms with van der Waals surface area (Å²) >= 11 is 6.04. The Hall–Kier alpha value is -3.77. The minimum absolute atomic E-state index is 0.0676. The molecule has 4 aromatic rings. The molecule has 0 amide bonds. The second-order valence-electron chi connectivity index (χ2n) is 6.44. The summed E-state index contributed by atoms with van der Waals surface area (Å²) in [5.41, 5.74) is 1.03. The first kappa shape index (κ1) is 19.5. The smallest absolute Gasteiger partial charge is 0.340 e. The molecule has 1 heterocycles. The summed E-state index contributed by atoms with van der Waals surface area (Å²) in [7, 11) is 0. The van der Waals surface area contributed by atoms with Crippen molar-refractivity contribution in [1.29, 1.82) is 0 Å². The van der Waals surface area contributed by atoms with Crippen molar-refractivity contribution in [2.75, 3.05) is 0 Å². The minimum atomic E-state index is -0.675. The standard InChI is InChI=1S/C23H15ClN2O4/c24-17-11-5-4-10-16(17)23(28)30-14-19-21(22(27)15-8-2-1-3-9-15)26(29)20-13-7-6-12-18(20)25-19/h1-13H,14H2. The molecule has 0 N–H and O–H groups in total. The lowest BCUT2D eigenvalue weighted by Gasteiger charge is -2.12. The Morgan fingerprint density at radius 3 is 2.37 bits per heavy atom. The molecule has 0 unspecified atom stereocenters. The SMILES string of the molecule is O=C(OCc1nc2ccccc2[n+]([O-])c1C(=O)c1ccccc1)c1ccccc1Cl. The van der Waals surface area contributed by atoms with Crippen molar-refractivity contribution in [2.45, 2.75) is 6.61 Å². The van der Waals surface area contributed by atoms with E-state index in [1.54, 1.807) is 72.8 Å². The highest BCUT2D eigenvalue weighted by atomic mass is 35.5. The number of carbonyl (C=O) groups excluding carboxylic acids is 2. The molecule has 0 aliphatic heterocycles. The monoisotopic (exact) mass is 418 g/mol. The van der Waals surface area contributed by atoms with Crippen LogP contribution >= 0.6 is 11.6 Å².